The van der Waals surface area contributed by atoms with E-state index in [-0.39, 0.29) is 0 Å². The maximum absolute atomic E-state index is 9.57. The third kappa shape index (κ3) is 3.46. The second-order valence-corrected chi connectivity index (χ2v) is 6.25. The van der Waals surface area contributed by atoms with Crippen LogP contribution in [0.1, 0.15) is 56.3 Å². The summed E-state index contributed by atoms with van der Waals surface area (Å²) < 4.78 is 0. The van der Waals surface area contributed by atoms with E-state index in [0.29, 0.717) is 0 Å². The van der Waals surface area contributed by atoms with Crippen LogP contribution in [0.2, 0.25) is 0 Å². The molecule has 94 valence electrons. The predicted octanol–water partition coefficient (Wildman–Crippen LogP) is 3.87. The molecule has 0 radical (unpaired) electrons. The molecule has 1 aromatic heterocycles. The van der Waals surface area contributed by atoms with Crippen molar-refractivity contribution >= 4 is 11.8 Å². The third-order valence-electron chi connectivity index (χ3n) is 3.42. The summed E-state index contributed by atoms with van der Waals surface area (Å²) in [4.78, 5) is 4.46. The molecule has 0 aromatic carbocycles. The first-order valence-corrected chi connectivity index (χ1v) is 7.36. The highest BCUT2D eigenvalue weighted by atomic mass is 32.2. The van der Waals surface area contributed by atoms with E-state index >= 15 is 0 Å². The van der Waals surface area contributed by atoms with Crippen LogP contribution in [-0.2, 0) is 0 Å². The molecule has 1 aliphatic carbocycles. The number of aliphatic hydroxyl groups is 1. The zero-order valence-electron chi connectivity index (χ0n) is 10.6. The van der Waals surface area contributed by atoms with Gasteiger partial charge >= 0.3 is 0 Å². The lowest BCUT2D eigenvalue weighted by molar-refractivity contribution is 0.198. The van der Waals surface area contributed by atoms with E-state index in [9.17, 15) is 5.11 Å². The molecule has 0 spiro atoms. The molecule has 17 heavy (non-hydrogen) atoms. The summed E-state index contributed by atoms with van der Waals surface area (Å²) >= 11 is 1.91. The molecule has 1 aromatic rings. The average molecular weight is 251 g/mol. The van der Waals surface area contributed by atoms with Crippen LogP contribution in [0.15, 0.2) is 17.3 Å². The number of aryl methyl sites for hydroxylation is 1. The fourth-order valence-corrected chi connectivity index (χ4v) is 3.67. The lowest BCUT2D eigenvalue weighted by Gasteiger charge is -2.20. The standard InChI is InChI=1S/C14H21NOS/c1-10-8-14(15-9-13(10)11(2)16)17-12-6-4-3-5-7-12/h8-9,11-12,16H,3-7H2,1-2H3/t11-/m0/s1. The normalized spacial score (nSPS) is 19.2. The van der Waals surface area contributed by atoms with Gasteiger partial charge in [-0.15, -0.1) is 11.8 Å². The molecule has 0 aliphatic heterocycles. The molecule has 1 aliphatic rings. The molecule has 0 unspecified atom stereocenters. The van der Waals surface area contributed by atoms with Crippen molar-refractivity contribution in [2.24, 2.45) is 0 Å². The van der Waals surface area contributed by atoms with E-state index in [2.05, 4.69) is 18.0 Å². The Hall–Kier alpha value is -0.540. The van der Waals surface area contributed by atoms with Crippen molar-refractivity contribution in [1.82, 2.24) is 4.98 Å². The first kappa shape index (κ1) is 12.9. The number of aliphatic hydroxyl groups excluding tert-OH is 1. The highest BCUT2D eigenvalue weighted by molar-refractivity contribution is 7.99. The Morgan fingerprint density at radius 1 is 1.35 bits per heavy atom. The number of thioether (sulfide) groups is 1. The Kier molecular flexibility index (Phi) is 4.46. The van der Waals surface area contributed by atoms with Crippen LogP contribution in [-0.4, -0.2) is 15.3 Å². The third-order valence-corrected chi connectivity index (χ3v) is 4.69. The first-order chi connectivity index (χ1) is 8.16. The van der Waals surface area contributed by atoms with Gasteiger partial charge in [0.15, 0.2) is 0 Å². The van der Waals surface area contributed by atoms with Gasteiger partial charge in [0.2, 0.25) is 0 Å². The van der Waals surface area contributed by atoms with Crippen LogP contribution >= 0.6 is 11.8 Å². The smallest absolute Gasteiger partial charge is 0.0965 e. The molecule has 1 atom stereocenters. The summed E-state index contributed by atoms with van der Waals surface area (Å²) in [6, 6.07) is 2.11. The monoisotopic (exact) mass is 251 g/mol. The molecule has 1 saturated carbocycles. The van der Waals surface area contributed by atoms with Crippen molar-refractivity contribution < 1.29 is 5.11 Å². The molecular weight excluding hydrogens is 230 g/mol. The highest BCUT2D eigenvalue weighted by Crippen LogP contribution is 2.33. The second-order valence-electron chi connectivity index (χ2n) is 4.93. The molecule has 2 rings (SSSR count). The summed E-state index contributed by atoms with van der Waals surface area (Å²) in [7, 11) is 0. The van der Waals surface area contributed by atoms with Crippen molar-refractivity contribution in [2.75, 3.05) is 0 Å². The number of hydrogen-bond donors (Lipinski definition) is 1. The van der Waals surface area contributed by atoms with Gasteiger partial charge in [-0.25, -0.2) is 4.98 Å². The Morgan fingerprint density at radius 3 is 2.65 bits per heavy atom. The summed E-state index contributed by atoms with van der Waals surface area (Å²) in [5, 5.41) is 11.4. The maximum Gasteiger partial charge on any atom is 0.0965 e. The van der Waals surface area contributed by atoms with Crippen LogP contribution < -0.4 is 0 Å². The van der Waals surface area contributed by atoms with E-state index in [1.54, 1.807) is 6.92 Å². The van der Waals surface area contributed by atoms with Gasteiger partial charge in [0.25, 0.3) is 0 Å². The van der Waals surface area contributed by atoms with Crippen molar-refractivity contribution in [3.63, 3.8) is 0 Å². The summed E-state index contributed by atoms with van der Waals surface area (Å²) in [6.07, 6.45) is 8.17. The van der Waals surface area contributed by atoms with Crippen molar-refractivity contribution in [1.29, 1.82) is 0 Å². The van der Waals surface area contributed by atoms with Gasteiger partial charge in [0.05, 0.1) is 11.1 Å². The van der Waals surface area contributed by atoms with E-state index < -0.39 is 6.10 Å². The van der Waals surface area contributed by atoms with Gasteiger partial charge in [0, 0.05) is 17.0 Å². The number of nitrogens with zero attached hydrogens (tertiary/aromatic N) is 1. The zero-order chi connectivity index (χ0) is 12.3. The van der Waals surface area contributed by atoms with Crippen LogP contribution in [0.5, 0.6) is 0 Å². The van der Waals surface area contributed by atoms with E-state index in [1.165, 1.54) is 32.1 Å². The highest BCUT2D eigenvalue weighted by Gasteiger charge is 2.16. The average Bonchev–Trinajstić information content (AvgIpc) is 2.30. The van der Waals surface area contributed by atoms with Crippen molar-refractivity contribution in [3.05, 3.63) is 23.4 Å². The second kappa shape index (κ2) is 5.87. The van der Waals surface area contributed by atoms with Crippen LogP contribution in [0.3, 0.4) is 0 Å². The Balaban J connectivity index is 2.04. The zero-order valence-corrected chi connectivity index (χ0v) is 11.5. The largest absolute Gasteiger partial charge is 0.389 e. The van der Waals surface area contributed by atoms with Crippen molar-refractivity contribution in [3.8, 4) is 0 Å². The molecule has 3 heteroatoms. The van der Waals surface area contributed by atoms with E-state index in [0.717, 1.165) is 21.4 Å². The number of pyridine rings is 1. The maximum atomic E-state index is 9.57. The van der Waals surface area contributed by atoms with E-state index in [4.69, 9.17) is 0 Å². The number of aromatic nitrogens is 1. The fraction of sp³-hybridized carbons (Fsp3) is 0.643. The van der Waals surface area contributed by atoms with Gasteiger partial charge < -0.3 is 5.11 Å². The molecular formula is C14H21NOS. The van der Waals surface area contributed by atoms with E-state index in [1.807, 2.05) is 18.0 Å². The lowest BCUT2D eigenvalue weighted by atomic mass is 10.0. The molecule has 0 saturated heterocycles. The van der Waals surface area contributed by atoms with Gasteiger partial charge in [-0.05, 0) is 38.3 Å². The van der Waals surface area contributed by atoms with Gasteiger partial charge in [-0.1, -0.05) is 19.3 Å². The number of rotatable bonds is 3. The molecule has 0 bridgehead atoms. The minimum atomic E-state index is -0.420. The SMILES string of the molecule is Cc1cc(SC2CCCCC2)ncc1[C@H](C)O. The summed E-state index contributed by atoms with van der Waals surface area (Å²) in [6.45, 7) is 3.84. The quantitative estimate of drug-likeness (QED) is 0.885. The minimum Gasteiger partial charge on any atom is -0.389 e. The molecule has 1 N–H and O–H groups in total. The van der Waals surface area contributed by atoms with Gasteiger partial charge in [-0.3, -0.25) is 0 Å². The Labute approximate surface area is 108 Å². The Morgan fingerprint density at radius 2 is 2.06 bits per heavy atom. The molecule has 1 heterocycles. The Bertz CT molecular complexity index is 372. The molecule has 2 nitrogen and oxygen atoms in total. The van der Waals surface area contributed by atoms with Crippen LogP contribution in [0.25, 0.3) is 0 Å². The van der Waals surface area contributed by atoms with Gasteiger partial charge in [0.1, 0.15) is 0 Å². The lowest BCUT2D eigenvalue weighted by Crippen LogP contribution is -2.08. The summed E-state index contributed by atoms with van der Waals surface area (Å²) in [5.74, 6) is 0. The van der Waals surface area contributed by atoms with Crippen LogP contribution in [0, 0.1) is 6.92 Å². The minimum absolute atomic E-state index is 0.420. The first-order valence-electron chi connectivity index (χ1n) is 6.48. The summed E-state index contributed by atoms with van der Waals surface area (Å²) in [5.41, 5.74) is 2.09. The molecule has 0 amide bonds. The predicted molar refractivity (Wildman–Crippen MR) is 72.3 cm³/mol. The van der Waals surface area contributed by atoms with Gasteiger partial charge in [-0.2, -0.15) is 0 Å². The number of hydrogen-bond acceptors (Lipinski definition) is 3. The van der Waals surface area contributed by atoms with Crippen molar-refractivity contribution in [2.45, 2.75) is 62.3 Å². The fourth-order valence-electron chi connectivity index (χ4n) is 2.40. The molecule has 1 fully saturated rings. The van der Waals surface area contributed by atoms with Crippen LogP contribution in [0.4, 0.5) is 0 Å². The topological polar surface area (TPSA) is 33.1 Å².